The van der Waals surface area contributed by atoms with Gasteiger partial charge in [-0.2, -0.15) is 0 Å². The van der Waals surface area contributed by atoms with Crippen molar-refractivity contribution >= 4 is 40.1 Å². The fourth-order valence-electron chi connectivity index (χ4n) is 2.14. The Morgan fingerprint density at radius 1 is 1.15 bits per heavy atom. The van der Waals surface area contributed by atoms with E-state index in [4.69, 9.17) is 11.6 Å². The second-order valence-electron chi connectivity index (χ2n) is 4.39. The number of anilines is 1. The van der Waals surface area contributed by atoms with E-state index in [0.717, 1.165) is 22.2 Å². The van der Waals surface area contributed by atoms with E-state index in [1.54, 1.807) is 24.3 Å². The summed E-state index contributed by atoms with van der Waals surface area (Å²) >= 11 is 6.99. The summed E-state index contributed by atoms with van der Waals surface area (Å²) in [5.41, 5.74) is 1.35. The lowest BCUT2D eigenvalue weighted by atomic mass is 10.00. The van der Waals surface area contributed by atoms with Crippen LogP contribution in [0.5, 0.6) is 0 Å². The van der Waals surface area contributed by atoms with Gasteiger partial charge in [0, 0.05) is 15.6 Å². The van der Waals surface area contributed by atoms with Gasteiger partial charge in [0.05, 0.1) is 0 Å². The fraction of sp³-hybridized carbons (Fsp3) is 0.0667. The molecule has 0 radical (unpaired) electrons. The van der Waals surface area contributed by atoms with Crippen molar-refractivity contribution < 1.29 is 9.59 Å². The molecule has 1 aliphatic heterocycles. The van der Waals surface area contributed by atoms with Gasteiger partial charge in [-0.25, -0.2) is 0 Å². The van der Waals surface area contributed by atoms with E-state index in [9.17, 15) is 9.59 Å². The Kier molecular flexibility index (Phi) is 3.51. The van der Waals surface area contributed by atoms with Gasteiger partial charge in [-0.15, -0.1) is 0 Å². The van der Waals surface area contributed by atoms with Gasteiger partial charge in [0.25, 0.3) is 0 Å². The minimum absolute atomic E-state index is 0.147. The third-order valence-electron chi connectivity index (χ3n) is 3.03. The highest BCUT2D eigenvalue weighted by Crippen LogP contribution is 2.41. The van der Waals surface area contributed by atoms with Crippen molar-refractivity contribution in [3.8, 4) is 0 Å². The molecule has 0 aliphatic carbocycles. The average Bonchev–Trinajstić information content (AvgIpc) is 2.74. The number of fused-ring (bicyclic) bond motifs is 1. The number of carbonyl (C=O) groups excluding carboxylic acids is 2. The first-order valence-electron chi connectivity index (χ1n) is 6.02. The lowest BCUT2D eigenvalue weighted by molar-refractivity contribution is -0.123. The maximum absolute atomic E-state index is 12.3. The number of rotatable bonds is 2. The Bertz CT molecular complexity index is 702. The largest absolute Gasteiger partial charge is 0.325 e. The van der Waals surface area contributed by atoms with E-state index >= 15 is 0 Å². The van der Waals surface area contributed by atoms with Crippen LogP contribution >= 0.6 is 23.4 Å². The zero-order chi connectivity index (χ0) is 14.1. The van der Waals surface area contributed by atoms with Crippen LogP contribution in [0.2, 0.25) is 5.02 Å². The highest BCUT2D eigenvalue weighted by molar-refractivity contribution is 8.14. The molecule has 100 valence electrons. The van der Waals surface area contributed by atoms with Crippen molar-refractivity contribution in [1.82, 2.24) is 0 Å². The van der Waals surface area contributed by atoms with Gasteiger partial charge in [-0.1, -0.05) is 47.6 Å². The third-order valence-corrected chi connectivity index (χ3v) is 4.29. The number of hydrogen-bond acceptors (Lipinski definition) is 3. The summed E-state index contributed by atoms with van der Waals surface area (Å²) in [6, 6.07) is 14.2. The van der Waals surface area contributed by atoms with Crippen molar-refractivity contribution in [1.29, 1.82) is 0 Å². The van der Waals surface area contributed by atoms with E-state index in [0.29, 0.717) is 10.7 Å². The van der Waals surface area contributed by atoms with Crippen molar-refractivity contribution in [2.75, 3.05) is 5.32 Å². The predicted octanol–water partition coefficient (Wildman–Crippen LogP) is 3.69. The van der Waals surface area contributed by atoms with Crippen LogP contribution in [0.1, 0.15) is 11.5 Å². The highest BCUT2D eigenvalue weighted by atomic mass is 35.5. The summed E-state index contributed by atoms with van der Waals surface area (Å²) in [5, 5.41) is 3.13. The number of carbonyl (C=O) groups is 2. The Morgan fingerprint density at radius 3 is 2.75 bits per heavy atom. The predicted molar refractivity (Wildman–Crippen MR) is 80.1 cm³/mol. The van der Waals surface area contributed by atoms with E-state index in [1.807, 2.05) is 24.3 Å². The van der Waals surface area contributed by atoms with Gasteiger partial charge < -0.3 is 5.32 Å². The van der Waals surface area contributed by atoms with Gasteiger partial charge in [-0.3, -0.25) is 9.59 Å². The lowest BCUT2D eigenvalue weighted by Crippen LogP contribution is -2.23. The molecule has 1 heterocycles. The quantitative estimate of drug-likeness (QED) is 0.861. The number of hydrogen-bond donors (Lipinski definition) is 1. The molecule has 2 aromatic carbocycles. The SMILES string of the molecule is O=C(Nc1cccc(Cl)c1)C1C(=O)Sc2ccccc21. The van der Waals surface area contributed by atoms with Crippen LogP contribution in [0.3, 0.4) is 0 Å². The van der Waals surface area contributed by atoms with E-state index in [2.05, 4.69) is 5.32 Å². The number of halogens is 1. The standard InChI is InChI=1S/C15H10ClNO2S/c16-9-4-3-5-10(8-9)17-14(18)13-11-6-1-2-7-12(11)20-15(13)19/h1-8,13H,(H,17,18). The van der Waals surface area contributed by atoms with Crippen molar-refractivity contribution in [2.24, 2.45) is 0 Å². The molecule has 0 saturated carbocycles. The molecule has 0 fully saturated rings. The molecule has 5 heteroatoms. The Hall–Kier alpha value is -1.78. The summed E-state index contributed by atoms with van der Waals surface area (Å²) in [4.78, 5) is 25.2. The molecule has 1 amide bonds. The molecular formula is C15H10ClNO2S. The second-order valence-corrected chi connectivity index (χ2v) is 5.87. The number of benzene rings is 2. The van der Waals surface area contributed by atoms with Crippen LogP contribution in [0, 0.1) is 0 Å². The molecule has 1 N–H and O–H groups in total. The maximum atomic E-state index is 12.3. The van der Waals surface area contributed by atoms with Crippen LogP contribution in [0.25, 0.3) is 0 Å². The van der Waals surface area contributed by atoms with Gasteiger partial charge in [-0.05, 0) is 29.8 Å². The molecule has 1 atom stereocenters. The Morgan fingerprint density at radius 2 is 1.95 bits per heavy atom. The van der Waals surface area contributed by atoms with Crippen molar-refractivity contribution in [3.05, 3.63) is 59.1 Å². The average molecular weight is 304 g/mol. The van der Waals surface area contributed by atoms with Crippen LogP contribution in [0.4, 0.5) is 5.69 Å². The van der Waals surface area contributed by atoms with Gasteiger partial charge >= 0.3 is 0 Å². The zero-order valence-electron chi connectivity index (χ0n) is 10.3. The summed E-state index contributed by atoms with van der Waals surface area (Å²) in [6.07, 6.45) is 0. The second kappa shape index (κ2) is 5.31. The molecule has 3 nitrogen and oxygen atoms in total. The fourth-order valence-corrected chi connectivity index (χ4v) is 3.34. The monoisotopic (exact) mass is 303 g/mol. The Balaban J connectivity index is 1.86. The smallest absolute Gasteiger partial charge is 0.240 e. The third kappa shape index (κ3) is 2.44. The topological polar surface area (TPSA) is 46.2 Å². The van der Waals surface area contributed by atoms with Crippen molar-refractivity contribution in [3.63, 3.8) is 0 Å². The first kappa shape index (κ1) is 13.2. The normalized spacial score (nSPS) is 16.9. The number of nitrogens with one attached hydrogen (secondary N) is 1. The first-order chi connectivity index (χ1) is 9.65. The van der Waals surface area contributed by atoms with E-state index in [-0.39, 0.29) is 11.0 Å². The molecule has 0 spiro atoms. The number of thioether (sulfide) groups is 1. The molecule has 2 aromatic rings. The van der Waals surface area contributed by atoms with Crippen LogP contribution in [0.15, 0.2) is 53.4 Å². The van der Waals surface area contributed by atoms with E-state index < -0.39 is 5.92 Å². The molecule has 1 unspecified atom stereocenters. The van der Waals surface area contributed by atoms with Gasteiger partial charge in [0.1, 0.15) is 5.92 Å². The highest BCUT2D eigenvalue weighted by Gasteiger charge is 2.36. The van der Waals surface area contributed by atoms with Gasteiger partial charge in [0.2, 0.25) is 11.0 Å². The zero-order valence-corrected chi connectivity index (χ0v) is 11.9. The molecule has 0 saturated heterocycles. The minimum Gasteiger partial charge on any atom is -0.325 e. The van der Waals surface area contributed by atoms with Gasteiger partial charge in [0.15, 0.2) is 0 Å². The van der Waals surface area contributed by atoms with Crippen LogP contribution in [-0.4, -0.2) is 11.0 Å². The summed E-state index contributed by atoms with van der Waals surface area (Å²) in [6.45, 7) is 0. The van der Waals surface area contributed by atoms with Crippen molar-refractivity contribution in [2.45, 2.75) is 10.8 Å². The van der Waals surface area contributed by atoms with Crippen LogP contribution < -0.4 is 5.32 Å². The number of amides is 1. The molecule has 20 heavy (non-hydrogen) atoms. The van der Waals surface area contributed by atoms with Crippen LogP contribution in [-0.2, 0) is 9.59 Å². The molecule has 0 bridgehead atoms. The summed E-state index contributed by atoms with van der Waals surface area (Å²) in [5.74, 6) is -1.08. The summed E-state index contributed by atoms with van der Waals surface area (Å²) < 4.78 is 0. The molecular weight excluding hydrogens is 294 g/mol. The minimum atomic E-state index is -0.754. The first-order valence-corrected chi connectivity index (χ1v) is 7.21. The molecule has 3 rings (SSSR count). The lowest BCUT2D eigenvalue weighted by Gasteiger charge is -2.10. The Labute approximate surface area is 125 Å². The molecule has 1 aliphatic rings. The van der Waals surface area contributed by atoms with E-state index in [1.165, 1.54) is 0 Å². The maximum Gasteiger partial charge on any atom is 0.240 e. The molecule has 0 aromatic heterocycles. The summed E-state index contributed by atoms with van der Waals surface area (Å²) in [7, 11) is 0.